The summed E-state index contributed by atoms with van der Waals surface area (Å²) in [6.07, 6.45) is 1.69. The molecule has 1 aromatic heterocycles. The van der Waals surface area contributed by atoms with E-state index in [0.717, 1.165) is 5.56 Å². The van der Waals surface area contributed by atoms with Crippen LogP contribution in [-0.4, -0.2) is 62.4 Å². The van der Waals surface area contributed by atoms with Crippen molar-refractivity contribution in [2.24, 2.45) is 5.92 Å². The average Bonchev–Trinajstić information content (AvgIpc) is 3.18. The third-order valence-corrected chi connectivity index (χ3v) is 7.42. The van der Waals surface area contributed by atoms with E-state index in [2.05, 4.69) is 10.3 Å². The molecule has 31 heavy (non-hydrogen) atoms. The molecule has 2 fully saturated rings. The van der Waals surface area contributed by atoms with Crippen LogP contribution in [0, 0.1) is 12.8 Å². The maximum absolute atomic E-state index is 12.8. The molecule has 2 aromatic rings. The number of aryl methyl sites for hydroxylation is 1. The molecule has 0 aliphatic carbocycles. The number of carbonyl (C=O) groups is 2. The molecular formula is C21H24N4O5S. The number of amides is 2. The molecule has 2 aliphatic rings. The molecule has 1 aromatic carbocycles. The van der Waals surface area contributed by atoms with Gasteiger partial charge in [-0.3, -0.25) is 9.59 Å². The van der Waals surface area contributed by atoms with Crippen LogP contribution in [0.2, 0.25) is 0 Å². The van der Waals surface area contributed by atoms with Gasteiger partial charge in [-0.2, -0.15) is 4.31 Å². The molecule has 1 atom stereocenters. The summed E-state index contributed by atoms with van der Waals surface area (Å²) in [4.78, 5) is 31.0. The number of aromatic nitrogens is 1. The fraction of sp³-hybridized carbons (Fsp3) is 0.381. The number of pyridine rings is 1. The standard InChI is InChI=1S/C21H24N4O5S/c1-15-3-2-8-22-20(15)23-21(27)16-13-19(26)25(14-16)17-4-6-18(7-5-17)31(28,29)24-9-11-30-12-10-24/h2-8,16H,9-14H2,1H3,(H,22,23,27)/t16-/m0/s1. The minimum absolute atomic E-state index is 0.0888. The topological polar surface area (TPSA) is 109 Å². The Kier molecular flexibility index (Phi) is 6.03. The highest BCUT2D eigenvalue weighted by atomic mass is 32.2. The zero-order valence-corrected chi connectivity index (χ0v) is 18.0. The van der Waals surface area contributed by atoms with Gasteiger partial charge in [0.05, 0.1) is 24.0 Å². The van der Waals surface area contributed by atoms with Crippen LogP contribution in [0.25, 0.3) is 0 Å². The molecule has 4 rings (SSSR count). The van der Waals surface area contributed by atoms with Gasteiger partial charge in [0, 0.05) is 37.9 Å². The van der Waals surface area contributed by atoms with E-state index in [1.165, 1.54) is 21.3 Å². The van der Waals surface area contributed by atoms with Gasteiger partial charge in [-0.15, -0.1) is 0 Å². The first-order valence-corrected chi connectivity index (χ1v) is 11.5. The molecule has 0 saturated carbocycles. The van der Waals surface area contributed by atoms with Crippen LogP contribution in [0.4, 0.5) is 11.5 Å². The number of carbonyl (C=O) groups excluding carboxylic acids is 2. The number of hydrogen-bond acceptors (Lipinski definition) is 6. The highest BCUT2D eigenvalue weighted by molar-refractivity contribution is 7.89. The van der Waals surface area contributed by atoms with Gasteiger partial charge in [0.25, 0.3) is 0 Å². The van der Waals surface area contributed by atoms with Crippen molar-refractivity contribution in [3.05, 3.63) is 48.2 Å². The largest absolute Gasteiger partial charge is 0.379 e. The van der Waals surface area contributed by atoms with E-state index in [1.807, 2.05) is 13.0 Å². The first kappa shape index (κ1) is 21.4. The highest BCUT2D eigenvalue weighted by Crippen LogP contribution is 2.28. The summed E-state index contributed by atoms with van der Waals surface area (Å²) < 4.78 is 32.1. The van der Waals surface area contributed by atoms with E-state index >= 15 is 0 Å². The quantitative estimate of drug-likeness (QED) is 0.747. The lowest BCUT2D eigenvalue weighted by molar-refractivity contribution is -0.122. The van der Waals surface area contributed by atoms with Crippen LogP contribution in [0.15, 0.2) is 47.5 Å². The maximum atomic E-state index is 12.8. The average molecular weight is 445 g/mol. The van der Waals surface area contributed by atoms with E-state index in [1.54, 1.807) is 24.4 Å². The van der Waals surface area contributed by atoms with Gasteiger partial charge >= 0.3 is 0 Å². The summed E-state index contributed by atoms with van der Waals surface area (Å²) >= 11 is 0. The second-order valence-electron chi connectivity index (χ2n) is 7.57. The summed E-state index contributed by atoms with van der Waals surface area (Å²) in [5, 5.41) is 2.79. The number of ether oxygens (including phenoxy) is 1. The molecule has 164 valence electrons. The maximum Gasteiger partial charge on any atom is 0.243 e. The number of benzene rings is 1. The van der Waals surface area contributed by atoms with Gasteiger partial charge in [0.15, 0.2) is 0 Å². The van der Waals surface area contributed by atoms with Gasteiger partial charge in [-0.1, -0.05) is 6.07 Å². The SMILES string of the molecule is Cc1cccnc1NC(=O)[C@H]1CC(=O)N(c2ccc(S(=O)(=O)N3CCOCC3)cc2)C1. The van der Waals surface area contributed by atoms with Crippen LogP contribution < -0.4 is 10.2 Å². The van der Waals surface area contributed by atoms with E-state index < -0.39 is 15.9 Å². The summed E-state index contributed by atoms with van der Waals surface area (Å²) in [7, 11) is -3.60. The lowest BCUT2D eigenvalue weighted by atomic mass is 10.1. The Morgan fingerprint density at radius 2 is 1.87 bits per heavy atom. The molecule has 2 aliphatic heterocycles. The van der Waals surface area contributed by atoms with Crippen molar-refractivity contribution in [1.82, 2.24) is 9.29 Å². The number of nitrogens with zero attached hydrogens (tertiary/aromatic N) is 3. The monoisotopic (exact) mass is 444 g/mol. The lowest BCUT2D eigenvalue weighted by Crippen LogP contribution is -2.40. The first-order chi connectivity index (χ1) is 14.9. The predicted octanol–water partition coefficient (Wildman–Crippen LogP) is 1.40. The van der Waals surface area contributed by atoms with Crippen LogP contribution in [-0.2, 0) is 24.3 Å². The Hall–Kier alpha value is -2.82. The lowest BCUT2D eigenvalue weighted by Gasteiger charge is -2.26. The van der Waals surface area contributed by atoms with Crippen LogP contribution in [0.5, 0.6) is 0 Å². The molecular weight excluding hydrogens is 420 g/mol. The molecule has 2 saturated heterocycles. The zero-order chi connectivity index (χ0) is 22.0. The molecule has 0 unspecified atom stereocenters. The fourth-order valence-corrected chi connectivity index (χ4v) is 5.11. The molecule has 3 heterocycles. The predicted molar refractivity (Wildman–Crippen MR) is 114 cm³/mol. The smallest absolute Gasteiger partial charge is 0.243 e. The van der Waals surface area contributed by atoms with Gasteiger partial charge in [-0.25, -0.2) is 13.4 Å². The number of morpholine rings is 1. The van der Waals surface area contributed by atoms with Crippen molar-refractivity contribution in [3.63, 3.8) is 0 Å². The second-order valence-corrected chi connectivity index (χ2v) is 9.51. The zero-order valence-electron chi connectivity index (χ0n) is 17.2. The molecule has 0 radical (unpaired) electrons. The molecule has 0 bridgehead atoms. The molecule has 10 heteroatoms. The Balaban J connectivity index is 1.44. The van der Waals surface area contributed by atoms with Gasteiger partial charge in [0.1, 0.15) is 5.82 Å². The van der Waals surface area contributed by atoms with Crippen molar-refractivity contribution in [2.75, 3.05) is 43.1 Å². The van der Waals surface area contributed by atoms with Gasteiger partial charge in [-0.05, 0) is 42.8 Å². The summed E-state index contributed by atoms with van der Waals surface area (Å²) in [6.45, 7) is 3.47. The van der Waals surface area contributed by atoms with E-state index in [0.29, 0.717) is 37.8 Å². The van der Waals surface area contributed by atoms with Crippen molar-refractivity contribution in [3.8, 4) is 0 Å². The molecule has 9 nitrogen and oxygen atoms in total. The molecule has 0 spiro atoms. The summed E-state index contributed by atoms with van der Waals surface area (Å²) in [5.74, 6) is -0.465. The summed E-state index contributed by atoms with van der Waals surface area (Å²) in [5.41, 5.74) is 1.41. The van der Waals surface area contributed by atoms with Crippen molar-refractivity contribution in [2.45, 2.75) is 18.2 Å². The van der Waals surface area contributed by atoms with E-state index in [4.69, 9.17) is 4.74 Å². The van der Waals surface area contributed by atoms with Crippen molar-refractivity contribution < 1.29 is 22.7 Å². The Morgan fingerprint density at radius 1 is 1.16 bits per heavy atom. The van der Waals surface area contributed by atoms with E-state index in [-0.39, 0.29) is 29.7 Å². The number of anilines is 2. The van der Waals surface area contributed by atoms with Crippen molar-refractivity contribution >= 4 is 33.3 Å². The van der Waals surface area contributed by atoms with Gasteiger partial charge in [0.2, 0.25) is 21.8 Å². The van der Waals surface area contributed by atoms with E-state index in [9.17, 15) is 18.0 Å². The van der Waals surface area contributed by atoms with Crippen LogP contribution in [0.3, 0.4) is 0 Å². The molecule has 2 amide bonds. The third-order valence-electron chi connectivity index (χ3n) is 5.50. The normalized spacial score (nSPS) is 20.1. The third kappa shape index (κ3) is 4.46. The Labute approximate surface area is 181 Å². The number of rotatable bonds is 5. The van der Waals surface area contributed by atoms with Crippen LogP contribution in [0.1, 0.15) is 12.0 Å². The molecule has 1 N–H and O–H groups in total. The van der Waals surface area contributed by atoms with Gasteiger partial charge < -0.3 is 15.0 Å². The minimum Gasteiger partial charge on any atom is -0.379 e. The number of sulfonamides is 1. The first-order valence-electron chi connectivity index (χ1n) is 10.1. The number of nitrogens with one attached hydrogen (secondary N) is 1. The Morgan fingerprint density at radius 3 is 2.55 bits per heavy atom. The minimum atomic E-state index is -3.60. The summed E-state index contributed by atoms with van der Waals surface area (Å²) in [6, 6.07) is 9.84. The number of hydrogen-bond donors (Lipinski definition) is 1. The fourth-order valence-electron chi connectivity index (χ4n) is 3.70. The second kappa shape index (κ2) is 8.74. The van der Waals surface area contributed by atoms with Crippen molar-refractivity contribution in [1.29, 1.82) is 0 Å². The Bertz CT molecular complexity index is 1080. The highest BCUT2D eigenvalue weighted by Gasteiger charge is 2.35. The van der Waals surface area contributed by atoms with Crippen LogP contribution >= 0.6 is 0 Å².